The second kappa shape index (κ2) is 4.49. The van der Waals surface area contributed by atoms with Crippen molar-refractivity contribution in [1.29, 1.82) is 0 Å². The van der Waals surface area contributed by atoms with Gasteiger partial charge < -0.3 is 4.74 Å². The molecule has 0 saturated carbocycles. The van der Waals surface area contributed by atoms with E-state index in [9.17, 15) is 4.79 Å². The highest BCUT2D eigenvalue weighted by molar-refractivity contribution is 5.97. The highest BCUT2D eigenvalue weighted by atomic mass is 16.5. The van der Waals surface area contributed by atoms with Gasteiger partial charge in [-0.25, -0.2) is 4.79 Å². The van der Waals surface area contributed by atoms with Gasteiger partial charge in [0.05, 0.1) is 0 Å². The summed E-state index contributed by atoms with van der Waals surface area (Å²) in [6, 6.07) is 19.6. The summed E-state index contributed by atoms with van der Waals surface area (Å²) >= 11 is 0. The zero-order chi connectivity index (χ0) is 12.4. The van der Waals surface area contributed by atoms with Gasteiger partial charge in [-0.2, -0.15) is 0 Å². The summed E-state index contributed by atoms with van der Waals surface area (Å²) in [7, 11) is 0. The second-order valence-corrected chi connectivity index (χ2v) is 4.19. The van der Waals surface area contributed by atoms with Crippen LogP contribution in [0.1, 0.15) is 17.2 Å². The normalized spacial score (nSPS) is 18.3. The Bertz CT molecular complexity index is 585. The molecular formula is C16H12O2. The Kier molecular flexibility index (Phi) is 2.69. The summed E-state index contributed by atoms with van der Waals surface area (Å²) in [4.78, 5) is 11.5. The summed E-state index contributed by atoms with van der Waals surface area (Å²) in [5.41, 5.74) is 2.95. The first-order valence-corrected chi connectivity index (χ1v) is 5.87. The third-order valence-corrected chi connectivity index (χ3v) is 3.00. The monoisotopic (exact) mass is 236 g/mol. The van der Waals surface area contributed by atoms with Crippen LogP contribution in [0.4, 0.5) is 0 Å². The predicted octanol–water partition coefficient (Wildman–Crippen LogP) is 3.37. The molecule has 0 aliphatic carbocycles. The quantitative estimate of drug-likeness (QED) is 0.747. The molecule has 0 spiro atoms. The number of carbonyl (C=O) groups is 1. The highest BCUT2D eigenvalue weighted by Gasteiger charge is 2.28. The van der Waals surface area contributed by atoms with Crippen molar-refractivity contribution in [1.82, 2.24) is 0 Å². The minimum atomic E-state index is -0.291. The molecule has 2 aromatic rings. The molecule has 1 aliphatic rings. The zero-order valence-electron chi connectivity index (χ0n) is 9.74. The van der Waals surface area contributed by atoms with Crippen LogP contribution in [-0.2, 0) is 9.53 Å². The van der Waals surface area contributed by atoms with Crippen molar-refractivity contribution in [2.24, 2.45) is 0 Å². The van der Waals surface area contributed by atoms with E-state index in [1.165, 1.54) is 0 Å². The molecule has 2 aromatic carbocycles. The van der Waals surface area contributed by atoms with Crippen LogP contribution in [0.2, 0.25) is 0 Å². The van der Waals surface area contributed by atoms with Crippen LogP contribution in [-0.4, -0.2) is 5.97 Å². The van der Waals surface area contributed by atoms with E-state index in [4.69, 9.17) is 4.74 Å². The Labute approximate surface area is 106 Å². The Morgan fingerprint density at radius 3 is 2.11 bits per heavy atom. The lowest BCUT2D eigenvalue weighted by molar-refractivity contribution is -0.138. The van der Waals surface area contributed by atoms with E-state index in [0.717, 1.165) is 16.7 Å². The van der Waals surface area contributed by atoms with Crippen molar-refractivity contribution in [3.05, 3.63) is 77.9 Å². The van der Waals surface area contributed by atoms with E-state index >= 15 is 0 Å². The average molecular weight is 236 g/mol. The maximum atomic E-state index is 11.5. The van der Waals surface area contributed by atoms with Crippen molar-refractivity contribution in [3.63, 3.8) is 0 Å². The van der Waals surface area contributed by atoms with Crippen molar-refractivity contribution < 1.29 is 9.53 Å². The molecule has 18 heavy (non-hydrogen) atoms. The van der Waals surface area contributed by atoms with Crippen LogP contribution < -0.4 is 0 Å². The van der Waals surface area contributed by atoms with Crippen molar-refractivity contribution in [2.75, 3.05) is 0 Å². The lowest BCUT2D eigenvalue weighted by Gasteiger charge is -2.14. The Morgan fingerprint density at radius 1 is 0.833 bits per heavy atom. The molecule has 88 valence electrons. The van der Waals surface area contributed by atoms with E-state index in [1.807, 2.05) is 60.7 Å². The fourth-order valence-corrected chi connectivity index (χ4v) is 2.16. The van der Waals surface area contributed by atoms with Crippen molar-refractivity contribution >= 4 is 11.5 Å². The highest BCUT2D eigenvalue weighted by Crippen LogP contribution is 2.37. The van der Waals surface area contributed by atoms with Crippen LogP contribution in [0, 0.1) is 0 Å². The lowest BCUT2D eigenvalue weighted by atomic mass is 9.96. The molecule has 0 fully saturated rings. The Hall–Kier alpha value is -2.35. The smallest absolute Gasteiger partial charge is 0.332 e. The van der Waals surface area contributed by atoms with E-state index < -0.39 is 0 Å². The van der Waals surface area contributed by atoms with Crippen LogP contribution in [0.25, 0.3) is 5.57 Å². The van der Waals surface area contributed by atoms with Gasteiger partial charge in [-0.1, -0.05) is 60.7 Å². The fraction of sp³-hybridized carbons (Fsp3) is 0.0625. The maximum absolute atomic E-state index is 11.5. The van der Waals surface area contributed by atoms with Crippen LogP contribution in [0.3, 0.4) is 0 Å². The zero-order valence-corrected chi connectivity index (χ0v) is 9.74. The van der Waals surface area contributed by atoms with E-state index in [0.29, 0.717) is 0 Å². The first-order chi connectivity index (χ1) is 8.84. The van der Waals surface area contributed by atoms with Gasteiger partial charge in [-0.05, 0) is 11.1 Å². The number of cyclic esters (lactones) is 1. The molecule has 0 radical (unpaired) electrons. The van der Waals surface area contributed by atoms with Crippen LogP contribution >= 0.6 is 0 Å². The van der Waals surface area contributed by atoms with Gasteiger partial charge in [-0.3, -0.25) is 0 Å². The molecular weight excluding hydrogens is 224 g/mol. The summed E-state index contributed by atoms with van der Waals surface area (Å²) in [5, 5.41) is 0. The second-order valence-electron chi connectivity index (χ2n) is 4.19. The number of carbonyl (C=O) groups excluding carboxylic acids is 1. The number of esters is 1. The van der Waals surface area contributed by atoms with Gasteiger partial charge in [0.15, 0.2) is 6.10 Å². The van der Waals surface area contributed by atoms with Gasteiger partial charge in [-0.15, -0.1) is 0 Å². The van der Waals surface area contributed by atoms with Crippen molar-refractivity contribution in [2.45, 2.75) is 6.10 Å². The summed E-state index contributed by atoms with van der Waals surface area (Å²) in [5.74, 6) is -0.275. The molecule has 2 heteroatoms. The molecule has 0 bridgehead atoms. The van der Waals surface area contributed by atoms with Crippen LogP contribution in [0.15, 0.2) is 66.7 Å². The standard InChI is InChI=1S/C16H12O2/c17-15-11-14(12-7-3-1-4-8-12)16(18-15)13-9-5-2-6-10-13/h1-11,16H/t16-/m0/s1. The lowest BCUT2D eigenvalue weighted by Crippen LogP contribution is -2.02. The van der Waals surface area contributed by atoms with E-state index in [-0.39, 0.29) is 12.1 Å². The molecule has 0 aromatic heterocycles. The van der Waals surface area contributed by atoms with Crippen LogP contribution in [0.5, 0.6) is 0 Å². The van der Waals surface area contributed by atoms with Gasteiger partial charge in [0.2, 0.25) is 0 Å². The molecule has 1 aliphatic heterocycles. The minimum Gasteiger partial charge on any atom is -0.449 e. The summed E-state index contributed by atoms with van der Waals surface area (Å²) in [6.07, 6.45) is 1.29. The number of hydrogen-bond donors (Lipinski definition) is 0. The minimum absolute atomic E-state index is 0.275. The molecule has 1 atom stereocenters. The summed E-state index contributed by atoms with van der Waals surface area (Å²) in [6.45, 7) is 0. The topological polar surface area (TPSA) is 26.3 Å². The number of rotatable bonds is 2. The number of hydrogen-bond acceptors (Lipinski definition) is 2. The van der Waals surface area contributed by atoms with Gasteiger partial charge in [0.25, 0.3) is 0 Å². The molecule has 2 nitrogen and oxygen atoms in total. The first-order valence-electron chi connectivity index (χ1n) is 5.87. The Balaban J connectivity index is 2.02. The number of ether oxygens (including phenoxy) is 1. The largest absolute Gasteiger partial charge is 0.449 e. The van der Waals surface area contributed by atoms with Gasteiger partial charge >= 0.3 is 5.97 Å². The Morgan fingerprint density at radius 2 is 1.44 bits per heavy atom. The van der Waals surface area contributed by atoms with Crippen molar-refractivity contribution in [3.8, 4) is 0 Å². The van der Waals surface area contributed by atoms with E-state index in [2.05, 4.69) is 0 Å². The van der Waals surface area contributed by atoms with Gasteiger partial charge in [0, 0.05) is 11.6 Å². The van der Waals surface area contributed by atoms with E-state index in [1.54, 1.807) is 6.08 Å². The average Bonchev–Trinajstić information content (AvgIpc) is 2.83. The maximum Gasteiger partial charge on any atom is 0.332 e. The third kappa shape index (κ3) is 1.93. The molecule has 3 rings (SSSR count). The molecule has 0 N–H and O–H groups in total. The fourth-order valence-electron chi connectivity index (χ4n) is 2.16. The molecule has 0 amide bonds. The number of benzene rings is 2. The summed E-state index contributed by atoms with van der Waals surface area (Å²) < 4.78 is 5.38. The first kappa shape index (κ1) is 10.8. The molecule has 0 saturated heterocycles. The predicted molar refractivity (Wildman–Crippen MR) is 69.7 cm³/mol. The van der Waals surface area contributed by atoms with Gasteiger partial charge in [0.1, 0.15) is 0 Å². The third-order valence-electron chi connectivity index (χ3n) is 3.00. The SMILES string of the molecule is O=C1C=C(c2ccccc2)[C@H](c2ccccc2)O1. The molecule has 0 unspecified atom stereocenters. The molecule has 1 heterocycles.